The van der Waals surface area contributed by atoms with Crippen LogP contribution in [0, 0.1) is 5.92 Å². The lowest BCUT2D eigenvalue weighted by Gasteiger charge is -2.27. The third kappa shape index (κ3) is 3.06. The van der Waals surface area contributed by atoms with Gasteiger partial charge in [0.1, 0.15) is 0 Å². The summed E-state index contributed by atoms with van der Waals surface area (Å²) in [7, 11) is -1.86. The molecule has 16 heavy (non-hydrogen) atoms. The number of fused-ring (bicyclic) bond motifs is 1. The highest BCUT2D eigenvalue weighted by atomic mass is 28.4. The first-order valence-electron chi connectivity index (χ1n) is 6.60. The molecule has 0 amide bonds. The van der Waals surface area contributed by atoms with Gasteiger partial charge >= 0.3 is 8.56 Å². The second-order valence-corrected chi connectivity index (χ2v) is 8.43. The van der Waals surface area contributed by atoms with Gasteiger partial charge < -0.3 is 13.6 Å². The molecule has 2 aliphatic rings. The average Bonchev–Trinajstić information content (AvgIpc) is 2.85. The minimum atomic E-state index is -1.86. The molecule has 2 rings (SSSR count). The Morgan fingerprint density at radius 2 is 1.69 bits per heavy atom. The van der Waals surface area contributed by atoms with Crippen LogP contribution in [0.25, 0.3) is 0 Å². The number of rotatable bonds is 7. The zero-order valence-corrected chi connectivity index (χ0v) is 11.7. The first-order chi connectivity index (χ1) is 7.67. The smallest absolute Gasteiger partial charge is 0.334 e. The maximum absolute atomic E-state index is 5.85. The average molecular weight is 244 g/mol. The van der Waals surface area contributed by atoms with E-state index in [9.17, 15) is 0 Å². The molecule has 0 aromatic heterocycles. The van der Waals surface area contributed by atoms with Crippen LogP contribution in [0.5, 0.6) is 0 Å². The van der Waals surface area contributed by atoms with Gasteiger partial charge in [0, 0.05) is 13.2 Å². The zero-order valence-electron chi connectivity index (χ0n) is 10.7. The number of epoxide rings is 1. The van der Waals surface area contributed by atoms with Crippen molar-refractivity contribution >= 4 is 8.56 Å². The van der Waals surface area contributed by atoms with Crippen molar-refractivity contribution in [2.75, 3.05) is 13.2 Å². The Labute approximate surface area is 99.7 Å². The molecule has 1 aliphatic heterocycles. The summed E-state index contributed by atoms with van der Waals surface area (Å²) < 4.78 is 17.2. The highest BCUT2D eigenvalue weighted by Gasteiger charge is 2.48. The lowest BCUT2D eigenvalue weighted by Crippen LogP contribution is -2.39. The van der Waals surface area contributed by atoms with E-state index < -0.39 is 8.56 Å². The first kappa shape index (κ1) is 12.6. The fraction of sp³-hybridized carbons (Fsp3) is 1.00. The molecular weight excluding hydrogens is 220 g/mol. The minimum Gasteiger partial charge on any atom is -0.395 e. The van der Waals surface area contributed by atoms with Gasteiger partial charge in [0.15, 0.2) is 0 Å². The van der Waals surface area contributed by atoms with E-state index in [4.69, 9.17) is 13.6 Å². The molecule has 0 radical (unpaired) electrons. The summed E-state index contributed by atoms with van der Waals surface area (Å²) in [6.07, 6.45) is 5.02. The van der Waals surface area contributed by atoms with Gasteiger partial charge in [-0.3, -0.25) is 0 Å². The van der Waals surface area contributed by atoms with Gasteiger partial charge in [-0.25, -0.2) is 0 Å². The Hall–Kier alpha value is 0.0969. The van der Waals surface area contributed by atoms with Crippen LogP contribution < -0.4 is 0 Å². The van der Waals surface area contributed by atoms with E-state index in [0.29, 0.717) is 12.2 Å². The molecule has 0 aromatic carbocycles. The monoisotopic (exact) mass is 244 g/mol. The molecule has 1 aliphatic carbocycles. The molecule has 2 fully saturated rings. The Bertz CT molecular complexity index is 218. The SMILES string of the molecule is CCO[Si](C)(CCC1CC2OC2C1)OCC. The van der Waals surface area contributed by atoms with E-state index in [-0.39, 0.29) is 0 Å². The standard InChI is InChI=1S/C12H24O3Si/c1-4-13-16(3,14-5-2)7-6-10-8-11-12(9-10)15-11/h10-12H,4-9H2,1-3H3. The largest absolute Gasteiger partial charge is 0.395 e. The Balaban J connectivity index is 1.72. The molecule has 1 saturated carbocycles. The predicted octanol–water partition coefficient (Wildman–Crippen LogP) is 2.70. The lowest BCUT2D eigenvalue weighted by molar-refractivity contribution is 0.184. The quantitative estimate of drug-likeness (QED) is 0.509. The Morgan fingerprint density at radius 3 is 2.19 bits per heavy atom. The number of hydrogen-bond donors (Lipinski definition) is 0. The number of ether oxygens (including phenoxy) is 1. The summed E-state index contributed by atoms with van der Waals surface area (Å²) in [4.78, 5) is 0. The molecule has 3 nitrogen and oxygen atoms in total. The van der Waals surface area contributed by atoms with E-state index in [1.807, 2.05) is 0 Å². The lowest BCUT2D eigenvalue weighted by atomic mass is 10.1. The predicted molar refractivity (Wildman–Crippen MR) is 65.7 cm³/mol. The van der Waals surface area contributed by atoms with Crippen LogP contribution in [-0.2, 0) is 13.6 Å². The highest BCUT2D eigenvalue weighted by molar-refractivity contribution is 6.66. The first-order valence-corrected chi connectivity index (χ1v) is 9.12. The van der Waals surface area contributed by atoms with Crippen molar-refractivity contribution in [1.82, 2.24) is 0 Å². The molecule has 0 N–H and O–H groups in total. The second-order valence-electron chi connectivity index (χ2n) is 5.09. The highest BCUT2D eigenvalue weighted by Crippen LogP contribution is 2.44. The van der Waals surface area contributed by atoms with Gasteiger partial charge in [0.25, 0.3) is 0 Å². The zero-order chi connectivity index (χ0) is 11.6. The van der Waals surface area contributed by atoms with Crippen molar-refractivity contribution in [2.24, 2.45) is 5.92 Å². The summed E-state index contributed by atoms with van der Waals surface area (Å²) in [5.74, 6) is 0.858. The van der Waals surface area contributed by atoms with E-state index in [1.165, 1.54) is 19.3 Å². The second kappa shape index (κ2) is 5.17. The van der Waals surface area contributed by atoms with Gasteiger partial charge in [0.05, 0.1) is 12.2 Å². The third-order valence-electron chi connectivity index (χ3n) is 3.72. The molecule has 4 heteroatoms. The van der Waals surface area contributed by atoms with Crippen molar-refractivity contribution in [1.29, 1.82) is 0 Å². The van der Waals surface area contributed by atoms with Crippen molar-refractivity contribution in [3.05, 3.63) is 0 Å². The van der Waals surface area contributed by atoms with Gasteiger partial charge in [0.2, 0.25) is 0 Å². The molecule has 1 saturated heterocycles. The van der Waals surface area contributed by atoms with Crippen LogP contribution in [0.2, 0.25) is 12.6 Å². The summed E-state index contributed by atoms with van der Waals surface area (Å²) in [6, 6.07) is 1.14. The molecule has 0 bridgehead atoms. The fourth-order valence-corrected chi connectivity index (χ4v) is 5.37. The van der Waals surface area contributed by atoms with E-state index in [0.717, 1.165) is 25.2 Å². The molecular formula is C12H24O3Si. The minimum absolute atomic E-state index is 0.608. The van der Waals surface area contributed by atoms with Crippen LogP contribution in [0.4, 0.5) is 0 Å². The molecule has 2 unspecified atom stereocenters. The maximum atomic E-state index is 5.85. The molecule has 94 valence electrons. The summed E-state index contributed by atoms with van der Waals surface area (Å²) in [5.41, 5.74) is 0. The summed E-state index contributed by atoms with van der Waals surface area (Å²) >= 11 is 0. The summed E-state index contributed by atoms with van der Waals surface area (Å²) in [6.45, 7) is 7.88. The van der Waals surface area contributed by atoms with Crippen LogP contribution >= 0.6 is 0 Å². The van der Waals surface area contributed by atoms with Crippen molar-refractivity contribution in [3.8, 4) is 0 Å². The van der Waals surface area contributed by atoms with Crippen LogP contribution in [0.1, 0.15) is 33.1 Å². The van der Waals surface area contributed by atoms with E-state index in [1.54, 1.807) is 0 Å². The normalized spacial score (nSPS) is 32.8. The topological polar surface area (TPSA) is 31.0 Å². The van der Waals surface area contributed by atoms with Crippen molar-refractivity contribution in [2.45, 2.75) is 57.9 Å². The van der Waals surface area contributed by atoms with Gasteiger partial charge in [-0.05, 0) is 51.6 Å². The molecule has 0 aromatic rings. The molecule has 2 atom stereocenters. The summed E-state index contributed by atoms with van der Waals surface area (Å²) in [5, 5.41) is 0. The Kier molecular flexibility index (Phi) is 4.05. The van der Waals surface area contributed by atoms with Gasteiger partial charge in [-0.15, -0.1) is 0 Å². The Morgan fingerprint density at radius 1 is 1.12 bits per heavy atom. The molecule has 1 heterocycles. The van der Waals surface area contributed by atoms with E-state index >= 15 is 0 Å². The van der Waals surface area contributed by atoms with Gasteiger partial charge in [-0.2, -0.15) is 0 Å². The fourth-order valence-electron chi connectivity index (χ4n) is 2.85. The molecule has 0 spiro atoms. The van der Waals surface area contributed by atoms with Crippen LogP contribution in [0.15, 0.2) is 0 Å². The number of hydrogen-bond acceptors (Lipinski definition) is 3. The van der Waals surface area contributed by atoms with Crippen molar-refractivity contribution in [3.63, 3.8) is 0 Å². The van der Waals surface area contributed by atoms with E-state index in [2.05, 4.69) is 20.4 Å². The maximum Gasteiger partial charge on any atom is 0.334 e. The van der Waals surface area contributed by atoms with Crippen LogP contribution in [-0.4, -0.2) is 34.0 Å². The van der Waals surface area contributed by atoms with Crippen LogP contribution in [0.3, 0.4) is 0 Å². The van der Waals surface area contributed by atoms with Gasteiger partial charge in [-0.1, -0.05) is 0 Å². The third-order valence-corrected chi connectivity index (χ3v) is 6.72. The van der Waals surface area contributed by atoms with Crippen molar-refractivity contribution < 1.29 is 13.6 Å².